The monoisotopic (exact) mass is 216 g/mol. The minimum Gasteiger partial charge on any atom is -0.475 e. The molecule has 82 valence electrons. The smallest absolute Gasteiger partial charge is 0.371 e. The van der Waals surface area contributed by atoms with Gasteiger partial charge in [0.05, 0.1) is 0 Å². The highest BCUT2D eigenvalue weighted by Gasteiger charge is 2.10. The van der Waals surface area contributed by atoms with E-state index in [4.69, 9.17) is 9.52 Å². The number of hydrogen-bond acceptors (Lipinski definition) is 2. The zero-order valence-electron chi connectivity index (χ0n) is 8.93. The van der Waals surface area contributed by atoms with Crippen molar-refractivity contribution in [3.05, 3.63) is 47.7 Å². The lowest BCUT2D eigenvalue weighted by atomic mass is 10.1. The highest BCUT2D eigenvalue weighted by molar-refractivity contribution is 5.85. The van der Waals surface area contributed by atoms with E-state index in [1.54, 1.807) is 6.07 Å². The molecule has 0 saturated heterocycles. The van der Waals surface area contributed by atoms with Gasteiger partial charge in [-0.05, 0) is 30.2 Å². The molecule has 0 aliphatic carbocycles. The van der Waals surface area contributed by atoms with Crippen molar-refractivity contribution >= 4 is 5.97 Å². The highest BCUT2D eigenvalue weighted by Crippen LogP contribution is 2.23. The van der Waals surface area contributed by atoms with Gasteiger partial charge < -0.3 is 9.52 Å². The van der Waals surface area contributed by atoms with Crippen LogP contribution < -0.4 is 0 Å². The van der Waals surface area contributed by atoms with Crippen molar-refractivity contribution in [1.82, 2.24) is 0 Å². The number of carbonyl (C=O) groups is 1. The average molecular weight is 216 g/mol. The quantitative estimate of drug-likeness (QED) is 0.857. The number of hydrogen-bond donors (Lipinski definition) is 1. The number of carboxylic acid groups (broad SMARTS) is 1. The van der Waals surface area contributed by atoms with E-state index in [0.717, 1.165) is 12.0 Å². The number of benzene rings is 1. The third kappa shape index (κ3) is 1.98. The fourth-order valence-corrected chi connectivity index (χ4v) is 1.55. The maximum Gasteiger partial charge on any atom is 0.371 e. The lowest BCUT2D eigenvalue weighted by Gasteiger charge is -2.00. The lowest BCUT2D eigenvalue weighted by molar-refractivity contribution is 0.0663. The average Bonchev–Trinajstić information content (AvgIpc) is 2.78. The first kappa shape index (κ1) is 10.5. The minimum absolute atomic E-state index is 0.0306. The van der Waals surface area contributed by atoms with Gasteiger partial charge in [-0.25, -0.2) is 4.79 Å². The van der Waals surface area contributed by atoms with Gasteiger partial charge in [-0.2, -0.15) is 0 Å². The molecule has 3 nitrogen and oxygen atoms in total. The third-order valence-corrected chi connectivity index (χ3v) is 2.44. The van der Waals surface area contributed by atoms with Crippen LogP contribution in [-0.2, 0) is 6.42 Å². The Morgan fingerprint density at radius 3 is 2.75 bits per heavy atom. The molecule has 1 heterocycles. The van der Waals surface area contributed by atoms with Gasteiger partial charge in [0.2, 0.25) is 5.76 Å². The highest BCUT2D eigenvalue weighted by atomic mass is 16.4. The van der Waals surface area contributed by atoms with Crippen LogP contribution in [0.4, 0.5) is 0 Å². The molecule has 0 amide bonds. The summed E-state index contributed by atoms with van der Waals surface area (Å²) >= 11 is 0. The fraction of sp³-hybridized carbons (Fsp3) is 0.154. The Bertz CT molecular complexity index is 511. The SMILES string of the molecule is CCc1cccc(-c2ccc(C(=O)O)o2)c1. The van der Waals surface area contributed by atoms with E-state index in [1.807, 2.05) is 24.3 Å². The van der Waals surface area contributed by atoms with Gasteiger partial charge in [0.25, 0.3) is 0 Å². The summed E-state index contributed by atoms with van der Waals surface area (Å²) in [6, 6.07) is 11.0. The van der Waals surface area contributed by atoms with Crippen LogP contribution in [0.3, 0.4) is 0 Å². The van der Waals surface area contributed by atoms with Gasteiger partial charge in [0, 0.05) is 5.56 Å². The molecule has 1 N–H and O–H groups in total. The normalized spacial score (nSPS) is 10.3. The van der Waals surface area contributed by atoms with Crippen molar-refractivity contribution in [1.29, 1.82) is 0 Å². The second-order valence-corrected chi connectivity index (χ2v) is 3.52. The fourth-order valence-electron chi connectivity index (χ4n) is 1.55. The topological polar surface area (TPSA) is 50.4 Å². The maximum absolute atomic E-state index is 10.7. The summed E-state index contributed by atoms with van der Waals surface area (Å²) in [7, 11) is 0. The number of aryl methyl sites for hydroxylation is 1. The van der Waals surface area contributed by atoms with Gasteiger partial charge in [0.15, 0.2) is 0 Å². The Morgan fingerprint density at radius 1 is 1.31 bits per heavy atom. The van der Waals surface area contributed by atoms with Crippen molar-refractivity contribution in [2.45, 2.75) is 13.3 Å². The molecule has 0 bridgehead atoms. The molecule has 0 unspecified atom stereocenters. The molecule has 3 heteroatoms. The minimum atomic E-state index is -1.04. The molecule has 0 aliphatic heterocycles. The van der Waals surface area contributed by atoms with Gasteiger partial charge in [-0.1, -0.05) is 25.1 Å². The van der Waals surface area contributed by atoms with Gasteiger partial charge >= 0.3 is 5.97 Å². The molecule has 0 spiro atoms. The molecule has 0 atom stereocenters. The molecule has 16 heavy (non-hydrogen) atoms. The summed E-state index contributed by atoms with van der Waals surface area (Å²) in [5, 5.41) is 8.75. The summed E-state index contributed by atoms with van der Waals surface area (Å²) in [5.41, 5.74) is 2.11. The van der Waals surface area contributed by atoms with Crippen LogP contribution in [0.2, 0.25) is 0 Å². The first-order valence-electron chi connectivity index (χ1n) is 5.13. The molecular weight excluding hydrogens is 204 g/mol. The molecule has 0 fully saturated rings. The van der Waals surface area contributed by atoms with E-state index >= 15 is 0 Å². The van der Waals surface area contributed by atoms with Crippen LogP contribution in [0, 0.1) is 0 Å². The van der Waals surface area contributed by atoms with Crippen LogP contribution in [-0.4, -0.2) is 11.1 Å². The van der Waals surface area contributed by atoms with E-state index in [0.29, 0.717) is 5.76 Å². The molecule has 2 aromatic rings. The molecule has 0 radical (unpaired) electrons. The summed E-state index contributed by atoms with van der Waals surface area (Å²) in [4.78, 5) is 10.7. The first-order chi connectivity index (χ1) is 7.70. The predicted molar refractivity (Wildman–Crippen MR) is 60.5 cm³/mol. The van der Waals surface area contributed by atoms with Crippen LogP contribution in [0.25, 0.3) is 11.3 Å². The number of furan rings is 1. The van der Waals surface area contributed by atoms with E-state index in [-0.39, 0.29) is 5.76 Å². The second-order valence-electron chi connectivity index (χ2n) is 3.52. The Balaban J connectivity index is 2.38. The van der Waals surface area contributed by atoms with Crippen molar-refractivity contribution in [3.63, 3.8) is 0 Å². The van der Waals surface area contributed by atoms with Crippen LogP contribution in [0.15, 0.2) is 40.8 Å². The summed E-state index contributed by atoms with van der Waals surface area (Å²) in [6.07, 6.45) is 0.945. The Hall–Kier alpha value is -2.03. The van der Waals surface area contributed by atoms with Gasteiger partial charge in [-0.15, -0.1) is 0 Å². The number of carboxylic acids is 1. The van der Waals surface area contributed by atoms with Crippen molar-refractivity contribution in [2.75, 3.05) is 0 Å². The Kier molecular flexibility index (Phi) is 2.77. The zero-order chi connectivity index (χ0) is 11.5. The van der Waals surface area contributed by atoms with Crippen molar-refractivity contribution < 1.29 is 14.3 Å². The largest absolute Gasteiger partial charge is 0.475 e. The maximum atomic E-state index is 10.7. The summed E-state index contributed by atoms with van der Waals surface area (Å²) < 4.78 is 5.23. The number of aromatic carboxylic acids is 1. The molecule has 2 rings (SSSR count). The van der Waals surface area contributed by atoms with Crippen LogP contribution in [0.5, 0.6) is 0 Å². The lowest BCUT2D eigenvalue weighted by Crippen LogP contribution is -1.91. The summed E-state index contributed by atoms with van der Waals surface area (Å²) in [5.74, 6) is -0.484. The van der Waals surface area contributed by atoms with E-state index < -0.39 is 5.97 Å². The molecule has 0 aliphatic rings. The summed E-state index contributed by atoms with van der Waals surface area (Å²) in [6.45, 7) is 2.07. The predicted octanol–water partition coefficient (Wildman–Crippen LogP) is 3.21. The van der Waals surface area contributed by atoms with E-state index in [1.165, 1.54) is 11.6 Å². The van der Waals surface area contributed by atoms with Crippen molar-refractivity contribution in [3.8, 4) is 11.3 Å². The standard InChI is InChI=1S/C13H12O3/c1-2-9-4-3-5-10(8-9)11-6-7-12(16-11)13(14)15/h3-8H,2H2,1H3,(H,14,15). The molecule has 0 saturated carbocycles. The van der Waals surface area contributed by atoms with Gasteiger partial charge in [-0.3, -0.25) is 0 Å². The van der Waals surface area contributed by atoms with Crippen molar-refractivity contribution in [2.24, 2.45) is 0 Å². The molecule has 1 aromatic carbocycles. The number of rotatable bonds is 3. The molecular formula is C13H12O3. The zero-order valence-corrected chi connectivity index (χ0v) is 8.93. The third-order valence-electron chi connectivity index (χ3n) is 2.44. The van der Waals surface area contributed by atoms with Crippen LogP contribution >= 0.6 is 0 Å². The second kappa shape index (κ2) is 4.23. The first-order valence-corrected chi connectivity index (χ1v) is 5.13. The molecule has 1 aromatic heterocycles. The van der Waals surface area contributed by atoms with E-state index in [9.17, 15) is 4.79 Å². The van der Waals surface area contributed by atoms with Gasteiger partial charge in [0.1, 0.15) is 5.76 Å². The Morgan fingerprint density at radius 2 is 2.12 bits per heavy atom. The van der Waals surface area contributed by atoms with E-state index in [2.05, 4.69) is 6.92 Å². The Labute approximate surface area is 93.3 Å². The van der Waals surface area contributed by atoms with Crippen LogP contribution in [0.1, 0.15) is 23.0 Å².